The van der Waals surface area contributed by atoms with Crippen LogP contribution >= 0.6 is 11.3 Å². The summed E-state index contributed by atoms with van der Waals surface area (Å²) >= 11 is 2.02. The Bertz CT molecular complexity index is 3840. The van der Waals surface area contributed by atoms with E-state index in [1.807, 2.05) is 11.3 Å². The second kappa shape index (κ2) is 16.3. The normalized spacial score (nSPS) is 19.8. The first kappa shape index (κ1) is 50.9. The number of anilines is 6. The zero-order valence-electron chi connectivity index (χ0n) is 49.9. The molecule has 0 radical (unpaired) electrons. The molecule has 0 bridgehead atoms. The largest absolute Gasteiger partial charge is 0.311 e. The maximum atomic E-state index is 2.81. The summed E-state index contributed by atoms with van der Waals surface area (Å²) in [6.07, 6.45) is 7.06. The molecule has 13 rings (SSSR count). The van der Waals surface area contributed by atoms with Crippen LogP contribution in [-0.4, -0.2) is 6.71 Å². The van der Waals surface area contributed by atoms with Crippen molar-refractivity contribution in [3.63, 3.8) is 0 Å². The van der Waals surface area contributed by atoms with Crippen molar-refractivity contribution in [1.29, 1.82) is 0 Å². The molecule has 3 aliphatic carbocycles. The van der Waals surface area contributed by atoms with Crippen molar-refractivity contribution in [3.05, 3.63) is 159 Å². The number of benzene rings is 7. The molecule has 0 saturated carbocycles. The Labute approximate surface area is 466 Å². The van der Waals surface area contributed by atoms with Gasteiger partial charge < -0.3 is 9.80 Å². The summed E-state index contributed by atoms with van der Waals surface area (Å²) in [5.41, 5.74) is 29.5. The number of rotatable bonds is 3. The lowest BCUT2D eigenvalue weighted by molar-refractivity contribution is 0.332. The van der Waals surface area contributed by atoms with E-state index in [1.165, 1.54) is 176 Å². The Morgan fingerprint density at radius 2 is 0.948 bits per heavy atom. The average Bonchev–Trinajstić information content (AvgIpc) is 3.88. The Balaban J connectivity index is 1.22. The van der Waals surface area contributed by atoms with Gasteiger partial charge in [-0.3, -0.25) is 0 Å². The van der Waals surface area contributed by atoms with Crippen molar-refractivity contribution in [2.24, 2.45) is 0 Å². The number of nitrogens with zero attached hydrogens (tertiary/aromatic N) is 2. The summed E-state index contributed by atoms with van der Waals surface area (Å²) in [5, 5.41) is 2.71. The van der Waals surface area contributed by atoms with Crippen LogP contribution in [0.3, 0.4) is 0 Å². The molecule has 1 aromatic heterocycles. The predicted octanol–water partition coefficient (Wildman–Crippen LogP) is 19.1. The zero-order chi connectivity index (χ0) is 54.6. The standard InChI is InChI=1S/C73H83BN2S/c1-42-20-19-21-43(2)63(42)45-35-60-64-61(36-45)76(58-40-54-51(34-44(58)3)69(9,10)30-32-72(54,15)16)65-56(27-25-49-48-24-22-46(67(4,5)6)37-62(48)77-66(49)65)74(64)57-39-53-55(73(17,18)33-31-71(53,13)14)41-59(57)75(60)47-23-26-50-52(38-47)70(11,12)29-28-68(50,7)8/h19-27,34-41H,28-33H2,1-18H3. The highest BCUT2D eigenvalue weighted by atomic mass is 32.1. The van der Waals surface area contributed by atoms with Crippen molar-refractivity contribution in [3.8, 4) is 11.1 Å². The number of hydrogen-bond acceptors (Lipinski definition) is 3. The zero-order valence-corrected chi connectivity index (χ0v) is 50.8. The fraction of sp³-hybridized carbons (Fsp3) is 0.425. The molecule has 0 fully saturated rings. The lowest BCUT2D eigenvalue weighted by Crippen LogP contribution is -2.62. The van der Waals surface area contributed by atoms with Crippen LogP contribution < -0.4 is 26.2 Å². The molecule has 0 spiro atoms. The topological polar surface area (TPSA) is 6.48 Å². The van der Waals surface area contributed by atoms with E-state index >= 15 is 0 Å². The molecular weight excluding hydrogens is 948 g/mol. The van der Waals surface area contributed by atoms with E-state index in [0.717, 1.165) is 0 Å². The molecule has 394 valence electrons. The van der Waals surface area contributed by atoms with Gasteiger partial charge in [0.25, 0.3) is 6.71 Å². The van der Waals surface area contributed by atoms with E-state index in [4.69, 9.17) is 0 Å². The van der Waals surface area contributed by atoms with Gasteiger partial charge in [0.15, 0.2) is 0 Å². The Kier molecular flexibility index (Phi) is 10.8. The third-order valence-electron chi connectivity index (χ3n) is 20.8. The lowest BCUT2D eigenvalue weighted by Gasteiger charge is -2.48. The van der Waals surface area contributed by atoms with Crippen LogP contribution in [-0.2, 0) is 37.9 Å². The van der Waals surface area contributed by atoms with Gasteiger partial charge in [-0.1, -0.05) is 165 Å². The molecule has 0 atom stereocenters. The second-order valence-electron chi connectivity index (χ2n) is 29.9. The van der Waals surface area contributed by atoms with E-state index in [9.17, 15) is 0 Å². The number of thiophene rings is 1. The fourth-order valence-corrected chi connectivity index (χ4v) is 16.7. The van der Waals surface area contributed by atoms with Gasteiger partial charge in [-0.25, -0.2) is 0 Å². The van der Waals surface area contributed by atoms with E-state index in [1.54, 1.807) is 0 Å². The molecule has 77 heavy (non-hydrogen) atoms. The smallest absolute Gasteiger partial charge is 0.252 e. The van der Waals surface area contributed by atoms with E-state index in [0.29, 0.717) is 0 Å². The maximum Gasteiger partial charge on any atom is 0.252 e. The van der Waals surface area contributed by atoms with Crippen molar-refractivity contribution in [2.75, 3.05) is 9.80 Å². The molecule has 0 unspecified atom stereocenters. The number of hydrogen-bond donors (Lipinski definition) is 0. The van der Waals surface area contributed by atoms with Crippen LogP contribution in [0.5, 0.6) is 0 Å². The Hall–Kier alpha value is -5.58. The summed E-state index contributed by atoms with van der Waals surface area (Å²) in [4.78, 5) is 5.57. The minimum atomic E-state index is -0.00304. The van der Waals surface area contributed by atoms with Crippen LogP contribution in [0.25, 0.3) is 31.3 Å². The molecule has 2 nitrogen and oxygen atoms in total. The summed E-state index contributed by atoms with van der Waals surface area (Å²) in [6.45, 7) is 44.0. The monoisotopic (exact) mass is 1030 g/mol. The summed E-state index contributed by atoms with van der Waals surface area (Å²) in [6, 6.07) is 42.9. The van der Waals surface area contributed by atoms with Crippen molar-refractivity contribution < 1.29 is 0 Å². The summed E-state index contributed by atoms with van der Waals surface area (Å²) in [5.74, 6) is 0. The molecule has 0 saturated heterocycles. The van der Waals surface area contributed by atoms with Crippen LogP contribution in [0.4, 0.5) is 34.1 Å². The van der Waals surface area contributed by atoms with Crippen LogP contribution in [0.15, 0.2) is 103 Å². The molecule has 8 aromatic rings. The number of aryl methyl sites for hydroxylation is 3. The highest BCUT2D eigenvalue weighted by molar-refractivity contribution is 7.26. The van der Waals surface area contributed by atoms with E-state index in [2.05, 4.69) is 238 Å². The quantitative estimate of drug-likeness (QED) is 0.163. The van der Waals surface area contributed by atoms with Gasteiger partial charge in [0, 0.05) is 43.9 Å². The highest BCUT2D eigenvalue weighted by Crippen LogP contribution is 2.56. The summed E-state index contributed by atoms with van der Waals surface area (Å²) < 4.78 is 2.75. The second-order valence-corrected chi connectivity index (χ2v) is 31.0. The van der Waals surface area contributed by atoms with Crippen molar-refractivity contribution >= 4 is 88.7 Å². The minimum absolute atomic E-state index is 0.00304. The third-order valence-corrected chi connectivity index (χ3v) is 22.0. The molecule has 2 aliphatic heterocycles. The van der Waals surface area contributed by atoms with Crippen LogP contribution in [0.2, 0.25) is 0 Å². The van der Waals surface area contributed by atoms with Gasteiger partial charge in [-0.15, -0.1) is 11.3 Å². The molecular formula is C73H83BN2S. The minimum Gasteiger partial charge on any atom is -0.311 e. The van der Waals surface area contributed by atoms with E-state index < -0.39 is 0 Å². The van der Waals surface area contributed by atoms with Gasteiger partial charge in [0.1, 0.15) is 0 Å². The molecule has 4 heteroatoms. The lowest BCUT2D eigenvalue weighted by atomic mass is 9.33. The fourth-order valence-electron chi connectivity index (χ4n) is 15.4. The first-order valence-electron chi connectivity index (χ1n) is 29.3. The van der Waals surface area contributed by atoms with Gasteiger partial charge in [-0.2, -0.15) is 0 Å². The van der Waals surface area contributed by atoms with Gasteiger partial charge in [0.2, 0.25) is 0 Å². The highest BCUT2D eigenvalue weighted by Gasteiger charge is 2.49. The van der Waals surface area contributed by atoms with Crippen LogP contribution in [0, 0.1) is 20.8 Å². The average molecular weight is 1030 g/mol. The first-order chi connectivity index (χ1) is 36.0. The Morgan fingerprint density at radius 1 is 0.442 bits per heavy atom. The van der Waals surface area contributed by atoms with E-state index in [-0.39, 0.29) is 44.6 Å². The first-order valence-corrected chi connectivity index (χ1v) is 30.1. The number of fused-ring (bicyclic) bond motifs is 11. The molecule has 0 N–H and O–H groups in total. The van der Waals surface area contributed by atoms with Crippen LogP contribution in [0.1, 0.15) is 198 Å². The van der Waals surface area contributed by atoms with Gasteiger partial charge in [-0.05, 0) is 223 Å². The summed E-state index contributed by atoms with van der Waals surface area (Å²) in [7, 11) is 0. The van der Waals surface area contributed by atoms with Gasteiger partial charge in [0.05, 0.1) is 10.4 Å². The van der Waals surface area contributed by atoms with Crippen molar-refractivity contribution in [2.45, 2.75) is 201 Å². The molecule has 0 amide bonds. The SMILES string of the molecule is Cc1cc2c(cc1N1c3cc(-c4c(C)cccc4C)cc4c3B(c3cc5c(cc3N4c3ccc4c(c3)C(C)(C)CCC4(C)C)C(C)(C)CCC5(C)C)c3ccc4c(sc5cc(C(C)(C)C)ccc54)c31)C(C)(C)CCC2(C)C. The van der Waals surface area contributed by atoms with Gasteiger partial charge >= 0.3 is 0 Å². The Morgan fingerprint density at radius 3 is 1.53 bits per heavy atom. The maximum absolute atomic E-state index is 2.81. The molecule has 7 aromatic carbocycles. The predicted molar refractivity (Wildman–Crippen MR) is 338 cm³/mol. The molecule has 3 heterocycles. The molecule has 5 aliphatic rings. The third kappa shape index (κ3) is 7.45. The van der Waals surface area contributed by atoms with Crippen molar-refractivity contribution in [1.82, 2.24) is 0 Å².